The van der Waals surface area contributed by atoms with Crippen LogP contribution in [0.5, 0.6) is 5.75 Å². The molecular weight excluding hydrogens is 484 g/mol. The molecule has 0 saturated heterocycles. The number of aromatic hydroxyl groups is 1. The molecule has 6 rings (SSSR count). The van der Waals surface area contributed by atoms with Gasteiger partial charge in [0, 0.05) is 30.1 Å². The van der Waals surface area contributed by atoms with E-state index in [1.807, 2.05) is 4.57 Å². The molecule has 13 heteroatoms. The molecule has 2 bridgehead atoms. The molecule has 1 heterocycles. The molecule has 4 aliphatic carbocycles. The molecule has 2 N–H and O–H groups in total. The lowest BCUT2D eigenvalue weighted by Crippen LogP contribution is -2.78. The van der Waals surface area contributed by atoms with Crippen molar-refractivity contribution in [1.82, 2.24) is 14.9 Å². The highest BCUT2D eigenvalue weighted by Gasteiger charge is 2.69. The number of carbonyl (C=O) groups is 1. The van der Waals surface area contributed by atoms with Gasteiger partial charge in [0.1, 0.15) is 12.4 Å². The lowest BCUT2D eigenvalue weighted by atomic mass is 9.44. The average Bonchev–Trinajstić information content (AvgIpc) is 3.13. The van der Waals surface area contributed by atoms with Crippen LogP contribution in [0.2, 0.25) is 0 Å². The normalized spacial score (nSPS) is 29.7. The molecule has 0 spiro atoms. The molecule has 35 heavy (non-hydrogen) atoms. The zero-order valence-corrected chi connectivity index (χ0v) is 18.1. The van der Waals surface area contributed by atoms with Crippen molar-refractivity contribution >= 4 is 5.91 Å². The molecule has 4 fully saturated rings. The third-order valence-electron chi connectivity index (χ3n) is 6.94. The SMILES string of the molecule is O=C(COC1CC(OC(F)(F)F)C1)NC12CC(n3cnc(-c4ccc(C(F)(F)F)cc4O)c3)(C1)C2. The van der Waals surface area contributed by atoms with Gasteiger partial charge < -0.3 is 19.7 Å². The zero-order chi connectivity index (χ0) is 25.2. The third kappa shape index (κ3) is 4.58. The number of phenolic OH excluding ortho intramolecular Hbond substituents is 1. The number of nitrogens with one attached hydrogen (secondary N) is 1. The summed E-state index contributed by atoms with van der Waals surface area (Å²) in [6, 6.07) is 2.72. The maximum absolute atomic E-state index is 12.8. The fourth-order valence-electron chi connectivity index (χ4n) is 5.25. The number of benzene rings is 1. The molecular formula is C22H21F6N3O4. The molecule has 7 nitrogen and oxygen atoms in total. The second kappa shape index (κ2) is 7.85. The van der Waals surface area contributed by atoms with Crippen LogP contribution in [-0.4, -0.2) is 51.3 Å². The van der Waals surface area contributed by atoms with Gasteiger partial charge in [0.25, 0.3) is 0 Å². The summed E-state index contributed by atoms with van der Waals surface area (Å²) in [6.07, 6.45) is -5.36. The number of hydrogen-bond acceptors (Lipinski definition) is 5. The van der Waals surface area contributed by atoms with Crippen molar-refractivity contribution in [2.45, 2.75) is 67.9 Å². The van der Waals surface area contributed by atoms with E-state index in [9.17, 15) is 36.2 Å². The van der Waals surface area contributed by atoms with Crippen molar-refractivity contribution in [1.29, 1.82) is 0 Å². The van der Waals surface area contributed by atoms with E-state index in [0.29, 0.717) is 31.0 Å². The first-order chi connectivity index (χ1) is 16.3. The first-order valence-electron chi connectivity index (χ1n) is 10.9. The number of rotatable bonds is 7. The fourth-order valence-corrected chi connectivity index (χ4v) is 5.25. The Labute approximate surface area is 195 Å². The molecule has 4 aliphatic rings. The minimum Gasteiger partial charge on any atom is -0.507 e. The van der Waals surface area contributed by atoms with Gasteiger partial charge in [-0.05, 0) is 37.5 Å². The van der Waals surface area contributed by atoms with E-state index in [4.69, 9.17) is 4.74 Å². The predicted molar refractivity (Wildman–Crippen MR) is 107 cm³/mol. The number of alkyl halides is 6. The van der Waals surface area contributed by atoms with Gasteiger partial charge in [-0.1, -0.05) is 0 Å². The Morgan fingerprint density at radius 1 is 1.14 bits per heavy atom. The van der Waals surface area contributed by atoms with Gasteiger partial charge >= 0.3 is 12.5 Å². The highest BCUT2D eigenvalue weighted by Crippen LogP contribution is 2.65. The smallest absolute Gasteiger partial charge is 0.507 e. The monoisotopic (exact) mass is 505 g/mol. The Hall–Kier alpha value is -2.80. The number of halogens is 6. The van der Waals surface area contributed by atoms with Gasteiger partial charge in [-0.25, -0.2) is 4.98 Å². The number of carbonyl (C=O) groups excluding carboxylic acids is 1. The molecule has 1 aromatic heterocycles. The number of nitrogens with zero attached hydrogens (tertiary/aromatic N) is 2. The van der Waals surface area contributed by atoms with Gasteiger partial charge in [-0.2, -0.15) is 13.2 Å². The van der Waals surface area contributed by atoms with Crippen molar-refractivity contribution in [3.8, 4) is 17.0 Å². The molecule has 0 aliphatic heterocycles. The number of aromatic nitrogens is 2. The summed E-state index contributed by atoms with van der Waals surface area (Å²) in [5, 5.41) is 13.0. The standard InChI is InChI=1S/C22H21F6N3O4/c23-21(24,25)12-1-2-15(17(32)3-12)16-6-31(11-29-16)20-8-19(9-20,10-20)30-18(33)7-34-13-4-14(5-13)35-22(26,27)28/h1-3,6,11,13-14,32H,4-5,7-10H2,(H,30,33). The van der Waals surface area contributed by atoms with E-state index in [1.165, 1.54) is 6.07 Å². The van der Waals surface area contributed by atoms with E-state index >= 15 is 0 Å². The second-order valence-electron chi connectivity index (χ2n) is 9.57. The third-order valence-corrected chi connectivity index (χ3v) is 6.94. The van der Waals surface area contributed by atoms with Crippen LogP contribution in [0.3, 0.4) is 0 Å². The van der Waals surface area contributed by atoms with Crippen molar-refractivity contribution in [2.24, 2.45) is 0 Å². The summed E-state index contributed by atoms with van der Waals surface area (Å²) >= 11 is 0. The van der Waals surface area contributed by atoms with E-state index < -0.39 is 36.1 Å². The number of phenols is 1. The molecule has 2 aromatic rings. The van der Waals surface area contributed by atoms with Crippen LogP contribution in [0, 0.1) is 0 Å². The van der Waals surface area contributed by atoms with Crippen molar-refractivity contribution in [3.63, 3.8) is 0 Å². The maximum Gasteiger partial charge on any atom is 0.522 e. The van der Waals surface area contributed by atoms with Crippen LogP contribution >= 0.6 is 0 Å². The van der Waals surface area contributed by atoms with Crippen molar-refractivity contribution in [2.75, 3.05) is 6.61 Å². The summed E-state index contributed by atoms with van der Waals surface area (Å²) in [7, 11) is 0. The maximum atomic E-state index is 12.8. The molecule has 190 valence electrons. The predicted octanol–water partition coefficient (Wildman–Crippen LogP) is 4.11. The summed E-state index contributed by atoms with van der Waals surface area (Å²) in [5.41, 5.74) is -1.09. The number of amides is 1. The van der Waals surface area contributed by atoms with Crippen LogP contribution in [-0.2, 0) is 26.0 Å². The van der Waals surface area contributed by atoms with E-state index in [-0.39, 0.29) is 42.0 Å². The van der Waals surface area contributed by atoms with Crippen LogP contribution < -0.4 is 5.32 Å². The molecule has 1 aromatic carbocycles. The highest BCUT2D eigenvalue weighted by atomic mass is 19.4. The molecule has 0 atom stereocenters. The fraction of sp³-hybridized carbons (Fsp3) is 0.545. The minimum atomic E-state index is -4.68. The topological polar surface area (TPSA) is 85.6 Å². The zero-order valence-electron chi connectivity index (χ0n) is 18.1. The first kappa shape index (κ1) is 23.9. The minimum absolute atomic E-state index is 0.0818. The van der Waals surface area contributed by atoms with E-state index in [0.717, 1.165) is 6.07 Å². The molecule has 4 saturated carbocycles. The highest BCUT2D eigenvalue weighted by molar-refractivity contribution is 5.79. The lowest BCUT2D eigenvalue weighted by molar-refractivity contribution is -0.357. The van der Waals surface area contributed by atoms with Crippen molar-refractivity contribution < 1.29 is 45.7 Å². The summed E-state index contributed by atoms with van der Waals surface area (Å²) in [5.74, 6) is -0.867. The summed E-state index contributed by atoms with van der Waals surface area (Å²) in [6.45, 7) is -0.249. The lowest BCUT2D eigenvalue weighted by Gasteiger charge is -2.70. The Morgan fingerprint density at radius 3 is 2.43 bits per heavy atom. The number of ether oxygens (including phenoxy) is 2. The van der Waals surface area contributed by atoms with Crippen LogP contribution in [0.1, 0.15) is 37.7 Å². The van der Waals surface area contributed by atoms with Gasteiger partial charge in [0.05, 0.1) is 35.3 Å². The number of hydrogen-bond donors (Lipinski definition) is 2. The Morgan fingerprint density at radius 2 is 1.83 bits per heavy atom. The van der Waals surface area contributed by atoms with Gasteiger partial charge in [0.2, 0.25) is 5.91 Å². The average molecular weight is 505 g/mol. The Kier molecular flexibility index (Phi) is 5.37. The summed E-state index contributed by atoms with van der Waals surface area (Å²) in [4.78, 5) is 16.4. The van der Waals surface area contributed by atoms with Crippen LogP contribution in [0.15, 0.2) is 30.7 Å². The van der Waals surface area contributed by atoms with Crippen LogP contribution in [0.4, 0.5) is 26.3 Å². The Bertz CT molecular complexity index is 1120. The molecule has 0 radical (unpaired) electrons. The molecule has 1 amide bonds. The van der Waals surface area contributed by atoms with Crippen LogP contribution in [0.25, 0.3) is 11.3 Å². The van der Waals surface area contributed by atoms with E-state index in [2.05, 4.69) is 15.0 Å². The van der Waals surface area contributed by atoms with Gasteiger partial charge in [-0.15, -0.1) is 13.2 Å². The summed E-state index contributed by atoms with van der Waals surface area (Å²) < 4.78 is 85.9. The van der Waals surface area contributed by atoms with E-state index in [1.54, 1.807) is 12.5 Å². The Balaban J connectivity index is 1.10. The number of imidazole rings is 1. The van der Waals surface area contributed by atoms with Gasteiger partial charge in [0.15, 0.2) is 0 Å². The first-order valence-corrected chi connectivity index (χ1v) is 10.9. The second-order valence-corrected chi connectivity index (χ2v) is 9.57. The van der Waals surface area contributed by atoms with Gasteiger partial charge in [-0.3, -0.25) is 9.53 Å². The quantitative estimate of drug-likeness (QED) is 0.554. The van der Waals surface area contributed by atoms with Crippen molar-refractivity contribution in [3.05, 3.63) is 36.3 Å². The molecule has 0 unspecified atom stereocenters. The largest absolute Gasteiger partial charge is 0.522 e.